The van der Waals surface area contributed by atoms with Gasteiger partial charge >= 0.3 is 12.0 Å². The molecule has 394 valence electrons. The molecular weight excluding hydrogens is 953 g/mol. The third kappa shape index (κ3) is 17.8. The van der Waals surface area contributed by atoms with Gasteiger partial charge in [-0.2, -0.15) is 10.2 Å². The summed E-state index contributed by atoms with van der Waals surface area (Å²) in [6.07, 6.45) is 8.29. The van der Waals surface area contributed by atoms with Gasteiger partial charge in [0.2, 0.25) is 11.8 Å². The van der Waals surface area contributed by atoms with E-state index in [4.69, 9.17) is 4.74 Å². The minimum atomic E-state index is -3.46. The molecule has 0 radical (unpaired) electrons. The van der Waals surface area contributed by atoms with E-state index in [-0.39, 0.29) is 67.7 Å². The Morgan fingerprint density at radius 2 is 1.44 bits per heavy atom. The van der Waals surface area contributed by atoms with Crippen LogP contribution in [0.3, 0.4) is 0 Å². The van der Waals surface area contributed by atoms with Crippen molar-refractivity contribution in [3.8, 4) is 0 Å². The highest BCUT2D eigenvalue weighted by molar-refractivity contribution is 7.91. The molecule has 0 bridgehead atoms. The quantitative estimate of drug-likeness (QED) is 0.0262. The standard InChI is InChI=1S/C53H72N10O9S/c1-62(2)42-24-22-40(23-25-42)61-60-39-20-18-38(19-21-39)50(65)56-28-8-7-15-47(52(67)68)59-51(66)46(57-36-41(35-37-11-5-4-6-12-37)58-53(69)63-31-33-72-34-32-63)26-27-49(64)55-30-29-54-45-16-9-14-44-43(45)13-10-17-48(44)73(3,70)71/h9-10,13-14,16-25,37,41,46-47,54,57H,4-8,11-12,15,26-36H2,1-3H3,(H,55,64)(H,56,65)(H,58,69)(H,59,66)(H,67,68)/t41-,46-,47-/m0/s1. The zero-order valence-electron chi connectivity index (χ0n) is 42.2. The van der Waals surface area contributed by atoms with Crippen molar-refractivity contribution in [3.63, 3.8) is 0 Å². The molecule has 7 N–H and O–H groups in total. The van der Waals surface area contributed by atoms with E-state index >= 15 is 0 Å². The molecule has 1 saturated carbocycles. The van der Waals surface area contributed by atoms with Crippen molar-refractivity contribution in [2.45, 2.75) is 93.7 Å². The number of urea groups is 1. The number of fused-ring (bicyclic) bond motifs is 1. The van der Waals surface area contributed by atoms with Crippen molar-refractivity contribution in [1.82, 2.24) is 31.5 Å². The summed E-state index contributed by atoms with van der Waals surface area (Å²) in [6, 6.07) is 22.1. The predicted octanol–water partition coefficient (Wildman–Crippen LogP) is 6.54. The van der Waals surface area contributed by atoms with Gasteiger partial charge in [-0.1, -0.05) is 56.4 Å². The lowest BCUT2D eigenvalue weighted by Crippen LogP contribution is -2.55. The number of hydrogen-bond acceptors (Lipinski definition) is 13. The number of unbranched alkanes of at least 4 members (excludes halogenated alkanes) is 1. The third-order valence-electron chi connectivity index (χ3n) is 13.2. The van der Waals surface area contributed by atoms with Crippen LogP contribution in [0, 0.1) is 5.92 Å². The molecular formula is C53H72N10O9S. The van der Waals surface area contributed by atoms with Crippen molar-refractivity contribution in [1.29, 1.82) is 0 Å². The first-order valence-electron chi connectivity index (χ1n) is 25.3. The number of carboxylic acid groups (broad SMARTS) is 1. The van der Waals surface area contributed by atoms with E-state index in [9.17, 15) is 37.5 Å². The normalized spacial score (nSPS) is 15.5. The number of nitrogens with zero attached hydrogens (tertiary/aromatic N) is 4. The Labute approximate surface area is 428 Å². The number of anilines is 2. The highest BCUT2D eigenvalue weighted by atomic mass is 32.2. The van der Waals surface area contributed by atoms with Gasteiger partial charge in [0, 0.05) is 99.8 Å². The summed E-state index contributed by atoms with van der Waals surface area (Å²) in [7, 11) is 0.463. The van der Waals surface area contributed by atoms with Crippen molar-refractivity contribution < 1.29 is 42.2 Å². The Balaban J connectivity index is 1.02. The van der Waals surface area contributed by atoms with Crippen molar-refractivity contribution in [2.24, 2.45) is 16.1 Å². The van der Waals surface area contributed by atoms with Gasteiger partial charge in [0.15, 0.2) is 9.84 Å². The number of aliphatic carboxylic acids is 1. The van der Waals surface area contributed by atoms with Gasteiger partial charge < -0.3 is 51.5 Å². The minimum absolute atomic E-state index is 0.0449. The summed E-state index contributed by atoms with van der Waals surface area (Å²) in [5.41, 5.74) is 3.48. The molecule has 6 rings (SSSR count). The number of ether oxygens (including phenoxy) is 1. The summed E-state index contributed by atoms with van der Waals surface area (Å²) >= 11 is 0. The number of carbonyl (C=O) groups excluding carboxylic acids is 4. The van der Waals surface area contributed by atoms with Crippen LogP contribution in [0.2, 0.25) is 0 Å². The van der Waals surface area contributed by atoms with Gasteiger partial charge in [-0.15, -0.1) is 0 Å². The van der Waals surface area contributed by atoms with Gasteiger partial charge in [-0.25, -0.2) is 18.0 Å². The summed E-state index contributed by atoms with van der Waals surface area (Å²) in [6.45, 7) is 2.91. The summed E-state index contributed by atoms with van der Waals surface area (Å²) < 4.78 is 30.3. The molecule has 1 aliphatic carbocycles. The maximum absolute atomic E-state index is 14.1. The first-order chi connectivity index (χ1) is 35.1. The second kappa shape index (κ2) is 28.0. The molecule has 0 spiro atoms. The number of carbonyl (C=O) groups is 5. The number of amides is 5. The number of hydrogen-bond donors (Lipinski definition) is 7. The van der Waals surface area contributed by atoms with E-state index < -0.39 is 33.8 Å². The lowest BCUT2D eigenvalue weighted by Gasteiger charge is -2.32. The van der Waals surface area contributed by atoms with Gasteiger partial charge in [0.1, 0.15) is 6.04 Å². The lowest BCUT2D eigenvalue weighted by molar-refractivity contribution is -0.142. The maximum atomic E-state index is 14.1. The van der Waals surface area contributed by atoms with E-state index in [2.05, 4.69) is 42.1 Å². The molecule has 19 nitrogen and oxygen atoms in total. The fourth-order valence-electron chi connectivity index (χ4n) is 9.10. The van der Waals surface area contributed by atoms with Gasteiger partial charge in [0.05, 0.1) is 35.5 Å². The van der Waals surface area contributed by atoms with E-state index in [1.807, 2.05) is 55.4 Å². The Morgan fingerprint density at radius 1 is 0.767 bits per heavy atom. The third-order valence-corrected chi connectivity index (χ3v) is 14.4. The summed E-state index contributed by atoms with van der Waals surface area (Å²) in [5, 5.41) is 38.3. The molecule has 1 heterocycles. The Bertz CT molecular complexity index is 2600. The Kier molecular flexibility index (Phi) is 21.3. The van der Waals surface area contributed by atoms with Crippen molar-refractivity contribution >= 4 is 73.1 Å². The first kappa shape index (κ1) is 55.7. The molecule has 4 aromatic rings. The minimum Gasteiger partial charge on any atom is -0.480 e. The Hall–Kier alpha value is -6.64. The average molecular weight is 1030 g/mol. The zero-order chi connectivity index (χ0) is 52.2. The van der Waals surface area contributed by atoms with E-state index in [0.717, 1.165) is 36.8 Å². The monoisotopic (exact) mass is 1020 g/mol. The number of benzene rings is 4. The molecule has 1 aliphatic heterocycles. The molecule has 3 atom stereocenters. The van der Waals surface area contributed by atoms with Gasteiger partial charge in [-0.3, -0.25) is 14.4 Å². The van der Waals surface area contributed by atoms with Crippen LogP contribution in [0.5, 0.6) is 0 Å². The average Bonchev–Trinajstić information content (AvgIpc) is 3.38. The number of azo groups is 1. The fraction of sp³-hybridized carbons (Fsp3) is 0.491. The van der Waals surface area contributed by atoms with Crippen LogP contribution in [0.25, 0.3) is 10.8 Å². The van der Waals surface area contributed by atoms with E-state index in [1.165, 1.54) is 12.7 Å². The van der Waals surface area contributed by atoms with Gasteiger partial charge in [-0.05, 0) is 98.7 Å². The van der Waals surface area contributed by atoms with Gasteiger partial charge in [0.25, 0.3) is 5.91 Å². The van der Waals surface area contributed by atoms with Crippen LogP contribution >= 0.6 is 0 Å². The number of morpholine rings is 1. The fourth-order valence-corrected chi connectivity index (χ4v) is 10.0. The van der Waals surface area contributed by atoms with Crippen LogP contribution in [0.4, 0.5) is 27.5 Å². The van der Waals surface area contributed by atoms with E-state index in [0.29, 0.717) is 86.0 Å². The highest BCUT2D eigenvalue weighted by Crippen LogP contribution is 2.30. The molecule has 4 aromatic carbocycles. The molecule has 5 amide bonds. The Morgan fingerprint density at radius 3 is 2.11 bits per heavy atom. The summed E-state index contributed by atoms with van der Waals surface area (Å²) in [4.78, 5) is 70.2. The first-order valence-corrected chi connectivity index (χ1v) is 27.2. The summed E-state index contributed by atoms with van der Waals surface area (Å²) in [5.74, 6) is -2.01. The maximum Gasteiger partial charge on any atom is 0.326 e. The molecule has 73 heavy (non-hydrogen) atoms. The largest absolute Gasteiger partial charge is 0.480 e. The number of carboxylic acids is 1. The van der Waals surface area contributed by atoms with Crippen molar-refractivity contribution in [3.05, 3.63) is 90.5 Å². The van der Waals surface area contributed by atoms with Crippen LogP contribution < -0.4 is 36.8 Å². The molecule has 1 saturated heterocycles. The SMILES string of the molecule is CN(C)c1ccc(N=Nc2ccc(C(=O)NCCCC[C@H](NC(=O)[C@H](CCC(=O)NCCNc3cccc4c(S(C)(=O)=O)cccc34)NC[C@H](CC3CCCCC3)NC(=O)N3CCOCC3)C(=O)O)cc2)cc1. The van der Waals surface area contributed by atoms with Crippen molar-refractivity contribution in [2.75, 3.05) is 83.1 Å². The number of rotatable bonds is 26. The van der Waals surface area contributed by atoms with Crippen LogP contribution in [-0.4, -0.2) is 139 Å². The topological polar surface area (TPSA) is 252 Å². The molecule has 2 aliphatic rings. The smallest absolute Gasteiger partial charge is 0.326 e. The van der Waals surface area contributed by atoms with Crippen LogP contribution in [-0.2, 0) is 29.0 Å². The predicted molar refractivity (Wildman–Crippen MR) is 283 cm³/mol. The van der Waals surface area contributed by atoms with E-state index in [1.54, 1.807) is 53.4 Å². The number of sulfone groups is 1. The molecule has 0 unspecified atom stereocenters. The second-order valence-electron chi connectivity index (χ2n) is 19.0. The second-order valence-corrected chi connectivity index (χ2v) is 21.0. The molecule has 20 heteroatoms. The lowest BCUT2D eigenvalue weighted by atomic mass is 9.84. The van der Waals surface area contributed by atoms with Crippen LogP contribution in [0.1, 0.15) is 81.0 Å². The number of nitrogens with one attached hydrogen (secondary N) is 6. The highest BCUT2D eigenvalue weighted by Gasteiger charge is 2.29. The molecule has 0 aromatic heterocycles. The van der Waals surface area contributed by atoms with Crippen LogP contribution in [0.15, 0.2) is 100 Å². The molecule has 2 fully saturated rings. The zero-order valence-corrected chi connectivity index (χ0v) is 43.1.